The molecule has 4 aromatic carbocycles. The van der Waals surface area contributed by atoms with Crippen LogP contribution >= 0.6 is 0 Å². The van der Waals surface area contributed by atoms with Gasteiger partial charge in [-0.05, 0) is 59.9 Å². The number of amides is 1. The molecule has 1 heterocycles. The first kappa shape index (κ1) is 24.6. The van der Waals surface area contributed by atoms with Gasteiger partial charge >= 0.3 is 0 Å². The summed E-state index contributed by atoms with van der Waals surface area (Å²) in [6.45, 7) is 0.254. The molecule has 1 amide bonds. The quantitative estimate of drug-likeness (QED) is 0.356. The number of aryl methyl sites for hydroxylation is 1. The second kappa shape index (κ2) is 10.9. The summed E-state index contributed by atoms with van der Waals surface area (Å²) >= 11 is 0. The minimum absolute atomic E-state index is 0.189. The Hall–Kier alpha value is -4.10. The van der Waals surface area contributed by atoms with Gasteiger partial charge in [-0.2, -0.15) is 0 Å². The fourth-order valence-corrected chi connectivity index (χ4v) is 6.13. The van der Waals surface area contributed by atoms with Crippen LogP contribution in [0.15, 0.2) is 114 Å². The minimum Gasteiger partial charge on any atom is -0.484 e. The fraction of sp³-hybridized carbons (Fsp3) is 0.167. The summed E-state index contributed by atoms with van der Waals surface area (Å²) in [5.74, 6) is 0.142. The summed E-state index contributed by atoms with van der Waals surface area (Å²) in [6.07, 6.45) is 1.64. The lowest BCUT2D eigenvalue weighted by molar-refractivity contribution is -0.123. The molecule has 0 aliphatic carbocycles. The molecule has 1 N–H and O–H groups in total. The lowest BCUT2D eigenvalue weighted by Crippen LogP contribution is -2.35. The van der Waals surface area contributed by atoms with Gasteiger partial charge in [0.15, 0.2) is 6.61 Å². The van der Waals surface area contributed by atoms with Crippen molar-refractivity contribution >= 4 is 21.6 Å². The number of carbonyl (C=O) groups is 1. The Kier molecular flexibility index (Phi) is 7.23. The van der Waals surface area contributed by atoms with E-state index in [-0.39, 0.29) is 23.5 Å². The average Bonchev–Trinajstić information content (AvgIpc) is 2.95. The topological polar surface area (TPSA) is 75.7 Å². The maximum absolute atomic E-state index is 13.3. The maximum atomic E-state index is 13.3. The van der Waals surface area contributed by atoms with Crippen LogP contribution in [0.4, 0.5) is 5.69 Å². The van der Waals surface area contributed by atoms with Crippen LogP contribution in [0.5, 0.6) is 5.75 Å². The number of ether oxygens (including phenoxy) is 1. The summed E-state index contributed by atoms with van der Waals surface area (Å²) in [4.78, 5) is 13.0. The third kappa shape index (κ3) is 5.52. The number of para-hydroxylation sites is 1. The van der Waals surface area contributed by atoms with Crippen LogP contribution in [0, 0.1) is 0 Å². The van der Waals surface area contributed by atoms with Gasteiger partial charge in [0.05, 0.1) is 16.6 Å². The van der Waals surface area contributed by atoms with Crippen molar-refractivity contribution in [2.45, 2.75) is 23.8 Å². The predicted octanol–water partition coefficient (Wildman–Crippen LogP) is 5.11. The molecule has 0 unspecified atom stereocenters. The van der Waals surface area contributed by atoms with E-state index < -0.39 is 10.0 Å². The van der Waals surface area contributed by atoms with Gasteiger partial charge in [0.1, 0.15) is 5.75 Å². The average molecular weight is 513 g/mol. The minimum atomic E-state index is -3.70. The normalized spacial score (nSPS) is 13.2. The molecule has 37 heavy (non-hydrogen) atoms. The Morgan fingerprint density at radius 2 is 1.41 bits per heavy atom. The van der Waals surface area contributed by atoms with Crippen LogP contribution in [-0.4, -0.2) is 27.5 Å². The van der Waals surface area contributed by atoms with Gasteiger partial charge in [0.25, 0.3) is 15.9 Å². The number of hydrogen-bond donors (Lipinski definition) is 1. The molecular weight excluding hydrogens is 484 g/mol. The molecule has 0 saturated heterocycles. The summed E-state index contributed by atoms with van der Waals surface area (Å²) in [5.41, 5.74) is 3.71. The molecule has 4 aromatic rings. The first-order valence-corrected chi connectivity index (χ1v) is 13.7. The van der Waals surface area contributed by atoms with E-state index in [1.54, 1.807) is 12.1 Å². The SMILES string of the molecule is O=C(COc1ccc(S(=O)(=O)N2CCCc3ccccc32)cc1)NC(c1ccccc1)c1ccccc1. The highest BCUT2D eigenvalue weighted by atomic mass is 32.2. The molecule has 6 nitrogen and oxygen atoms in total. The molecule has 0 atom stereocenters. The van der Waals surface area contributed by atoms with Gasteiger partial charge in [-0.1, -0.05) is 78.9 Å². The molecule has 0 bridgehead atoms. The smallest absolute Gasteiger partial charge is 0.264 e. The highest BCUT2D eigenvalue weighted by molar-refractivity contribution is 7.92. The van der Waals surface area contributed by atoms with Crippen LogP contribution < -0.4 is 14.4 Å². The van der Waals surface area contributed by atoms with Gasteiger partial charge in [-0.15, -0.1) is 0 Å². The predicted molar refractivity (Wildman–Crippen MR) is 144 cm³/mol. The molecule has 0 aromatic heterocycles. The first-order chi connectivity index (χ1) is 18.0. The molecule has 0 fully saturated rings. The molecule has 0 radical (unpaired) electrons. The number of fused-ring (bicyclic) bond motifs is 1. The number of rotatable bonds is 8. The van der Waals surface area contributed by atoms with E-state index in [9.17, 15) is 13.2 Å². The van der Waals surface area contributed by atoms with E-state index in [0.29, 0.717) is 12.3 Å². The maximum Gasteiger partial charge on any atom is 0.264 e. The van der Waals surface area contributed by atoms with Crippen LogP contribution in [0.2, 0.25) is 0 Å². The van der Waals surface area contributed by atoms with Crippen molar-refractivity contribution in [3.05, 3.63) is 126 Å². The summed E-state index contributed by atoms with van der Waals surface area (Å²) in [6, 6.07) is 33.0. The second-order valence-corrected chi connectivity index (χ2v) is 10.8. The molecular formula is C30H28N2O4S. The van der Waals surface area contributed by atoms with Gasteiger partial charge < -0.3 is 10.1 Å². The molecule has 188 valence electrons. The van der Waals surface area contributed by atoms with Gasteiger partial charge in [0, 0.05) is 6.54 Å². The highest BCUT2D eigenvalue weighted by Crippen LogP contribution is 2.32. The number of anilines is 1. The lowest BCUT2D eigenvalue weighted by Gasteiger charge is -2.30. The van der Waals surface area contributed by atoms with Crippen LogP contribution in [0.25, 0.3) is 0 Å². The highest BCUT2D eigenvalue weighted by Gasteiger charge is 2.28. The van der Waals surface area contributed by atoms with Crippen LogP contribution in [-0.2, 0) is 21.2 Å². The van der Waals surface area contributed by atoms with E-state index in [4.69, 9.17) is 4.74 Å². The Morgan fingerprint density at radius 1 is 0.811 bits per heavy atom. The van der Waals surface area contributed by atoms with E-state index in [1.165, 1.54) is 16.4 Å². The van der Waals surface area contributed by atoms with Crippen molar-refractivity contribution in [2.24, 2.45) is 0 Å². The fourth-order valence-electron chi connectivity index (χ4n) is 4.59. The number of benzene rings is 4. The monoisotopic (exact) mass is 512 g/mol. The zero-order valence-corrected chi connectivity index (χ0v) is 21.1. The second-order valence-electron chi connectivity index (χ2n) is 8.89. The van der Waals surface area contributed by atoms with Gasteiger partial charge in [-0.25, -0.2) is 8.42 Å². The Morgan fingerprint density at radius 3 is 2.05 bits per heavy atom. The summed E-state index contributed by atoms with van der Waals surface area (Å²) < 4.78 is 33.8. The lowest BCUT2D eigenvalue weighted by atomic mass is 9.99. The van der Waals surface area contributed by atoms with Crippen molar-refractivity contribution in [2.75, 3.05) is 17.5 Å². The number of sulfonamides is 1. The Balaban J connectivity index is 1.25. The van der Waals surface area contributed by atoms with E-state index in [1.807, 2.05) is 84.9 Å². The molecule has 5 rings (SSSR count). The van der Waals surface area contributed by atoms with Crippen molar-refractivity contribution in [1.82, 2.24) is 5.32 Å². The van der Waals surface area contributed by atoms with E-state index in [0.717, 1.165) is 35.2 Å². The van der Waals surface area contributed by atoms with Crippen molar-refractivity contribution in [1.29, 1.82) is 0 Å². The number of carbonyl (C=O) groups excluding carboxylic acids is 1. The standard InChI is InChI=1S/C30H28N2O4S/c33-29(31-30(24-11-3-1-4-12-24)25-13-5-2-6-14-25)22-36-26-17-19-27(20-18-26)37(34,35)32-21-9-15-23-10-7-8-16-28(23)32/h1-8,10-14,16-20,30H,9,15,21-22H2,(H,31,33). The summed E-state index contributed by atoms with van der Waals surface area (Å²) in [5, 5.41) is 3.04. The van der Waals surface area contributed by atoms with E-state index >= 15 is 0 Å². The third-order valence-corrected chi connectivity index (χ3v) is 8.25. The number of hydrogen-bond acceptors (Lipinski definition) is 4. The van der Waals surface area contributed by atoms with Crippen molar-refractivity contribution < 1.29 is 17.9 Å². The molecule has 1 aliphatic rings. The number of nitrogens with zero attached hydrogens (tertiary/aromatic N) is 1. The summed E-state index contributed by atoms with van der Waals surface area (Å²) in [7, 11) is -3.70. The largest absolute Gasteiger partial charge is 0.484 e. The Bertz CT molecular complexity index is 1420. The third-order valence-electron chi connectivity index (χ3n) is 6.42. The molecule has 7 heteroatoms. The Labute approximate surface area is 217 Å². The molecule has 1 aliphatic heterocycles. The first-order valence-electron chi connectivity index (χ1n) is 12.3. The van der Waals surface area contributed by atoms with Crippen LogP contribution in [0.1, 0.15) is 29.2 Å². The zero-order chi connectivity index (χ0) is 25.7. The number of nitrogens with one attached hydrogen (secondary N) is 1. The van der Waals surface area contributed by atoms with Crippen molar-refractivity contribution in [3.8, 4) is 5.75 Å². The molecule has 0 saturated carbocycles. The van der Waals surface area contributed by atoms with Gasteiger partial charge in [0.2, 0.25) is 0 Å². The molecule has 0 spiro atoms. The van der Waals surface area contributed by atoms with Crippen molar-refractivity contribution in [3.63, 3.8) is 0 Å². The van der Waals surface area contributed by atoms with Crippen LogP contribution in [0.3, 0.4) is 0 Å². The zero-order valence-electron chi connectivity index (χ0n) is 20.3. The van der Waals surface area contributed by atoms with E-state index in [2.05, 4.69) is 5.32 Å². The van der Waals surface area contributed by atoms with Gasteiger partial charge in [-0.3, -0.25) is 9.10 Å².